The molecule has 1 saturated heterocycles. The Hall–Kier alpha value is -0.930. The van der Waals surface area contributed by atoms with Crippen LogP contribution in [0.3, 0.4) is 0 Å². The van der Waals surface area contributed by atoms with Crippen molar-refractivity contribution < 1.29 is 5.48 Å². The molecule has 7 nitrogen and oxygen atoms in total. The predicted octanol–water partition coefficient (Wildman–Crippen LogP) is -0.690. The van der Waals surface area contributed by atoms with Crippen LogP contribution < -0.4 is 27.9 Å². The molecule has 122 valence electrons. The van der Waals surface area contributed by atoms with Crippen LogP contribution in [-0.2, 0) is 0 Å². The Morgan fingerprint density at radius 1 is 1.14 bits per heavy atom. The largest absolute Gasteiger partial charge is 0.412 e. The summed E-state index contributed by atoms with van der Waals surface area (Å²) in [6.07, 6.45) is 1.10. The second-order valence-electron chi connectivity index (χ2n) is 4.62. The highest BCUT2D eigenvalue weighted by Crippen LogP contribution is 2.20. The van der Waals surface area contributed by atoms with Gasteiger partial charge in [0.05, 0.1) is 0 Å². The van der Waals surface area contributed by atoms with E-state index in [0.29, 0.717) is 0 Å². The van der Waals surface area contributed by atoms with Crippen molar-refractivity contribution in [2.24, 2.45) is 17.5 Å². The van der Waals surface area contributed by atoms with Gasteiger partial charge in [-0.05, 0) is 31.2 Å². The Balaban J connectivity index is 0.00000128. The van der Waals surface area contributed by atoms with Gasteiger partial charge in [-0.1, -0.05) is 17.7 Å². The number of halogens is 1. The number of rotatable bonds is 5. The lowest BCUT2D eigenvalue weighted by atomic mass is 10.2. The molecule has 8 heteroatoms. The van der Waals surface area contributed by atoms with Crippen LogP contribution in [0.5, 0.6) is 0 Å². The van der Waals surface area contributed by atoms with Gasteiger partial charge in [0.15, 0.2) is 0 Å². The fourth-order valence-electron chi connectivity index (χ4n) is 2.31. The smallest absolute Gasteiger partial charge is 0.0426 e. The minimum absolute atomic E-state index is 0. The number of nitrogens with one attached hydrogen (secondary N) is 1. The van der Waals surface area contributed by atoms with E-state index in [9.17, 15) is 0 Å². The lowest BCUT2D eigenvalue weighted by Crippen LogP contribution is -2.47. The highest BCUT2D eigenvalue weighted by molar-refractivity contribution is 6.30. The highest BCUT2D eigenvalue weighted by Gasteiger charge is 2.16. The molecule has 21 heavy (non-hydrogen) atoms. The zero-order valence-corrected chi connectivity index (χ0v) is 13.0. The summed E-state index contributed by atoms with van der Waals surface area (Å²) < 4.78 is 0. The van der Waals surface area contributed by atoms with E-state index in [1.807, 2.05) is 18.2 Å². The first-order valence-corrected chi connectivity index (χ1v) is 7.17. The second kappa shape index (κ2) is 11.7. The molecule has 0 radical (unpaired) electrons. The molecule has 0 aromatic heterocycles. The summed E-state index contributed by atoms with van der Waals surface area (Å²) in [7, 11) is 0. The van der Waals surface area contributed by atoms with Crippen LogP contribution in [0.15, 0.2) is 24.3 Å². The molecular formula is C13H27ClN6O. The van der Waals surface area contributed by atoms with E-state index in [2.05, 4.69) is 33.0 Å². The number of anilines is 1. The first kappa shape index (κ1) is 20.1. The van der Waals surface area contributed by atoms with Gasteiger partial charge >= 0.3 is 0 Å². The molecule has 0 unspecified atom stereocenters. The molecular weight excluding hydrogens is 292 g/mol. The van der Waals surface area contributed by atoms with Crippen molar-refractivity contribution in [2.45, 2.75) is 6.42 Å². The number of hydrogen-bond acceptors (Lipinski definition) is 6. The number of nitrogens with zero attached hydrogens (tertiary/aromatic N) is 2. The fraction of sp³-hybridized carbons (Fsp3) is 0.538. The van der Waals surface area contributed by atoms with Crippen LogP contribution in [0.1, 0.15) is 6.42 Å². The van der Waals surface area contributed by atoms with Gasteiger partial charge in [0.2, 0.25) is 0 Å². The summed E-state index contributed by atoms with van der Waals surface area (Å²) in [6.45, 7) is 6.35. The molecule has 2 rings (SSSR count). The van der Waals surface area contributed by atoms with E-state index in [-0.39, 0.29) is 5.48 Å². The monoisotopic (exact) mass is 318 g/mol. The summed E-state index contributed by atoms with van der Waals surface area (Å²) in [4.78, 5) is 4.88. The van der Waals surface area contributed by atoms with Crippen molar-refractivity contribution in [1.82, 2.24) is 10.3 Å². The molecule has 1 aromatic carbocycles. The third kappa shape index (κ3) is 7.05. The zero-order valence-electron chi connectivity index (χ0n) is 12.3. The van der Waals surface area contributed by atoms with Crippen LogP contribution in [0, 0.1) is 0 Å². The van der Waals surface area contributed by atoms with Crippen LogP contribution in [0.2, 0.25) is 5.02 Å². The highest BCUT2D eigenvalue weighted by atomic mass is 35.5. The van der Waals surface area contributed by atoms with Gasteiger partial charge < -0.3 is 10.4 Å². The minimum Gasteiger partial charge on any atom is -0.412 e. The molecule has 0 bridgehead atoms. The molecule has 1 aliphatic rings. The van der Waals surface area contributed by atoms with E-state index in [4.69, 9.17) is 17.4 Å². The van der Waals surface area contributed by atoms with Gasteiger partial charge in [0, 0.05) is 43.4 Å². The van der Waals surface area contributed by atoms with Crippen molar-refractivity contribution in [3.05, 3.63) is 29.3 Å². The molecule has 1 aliphatic heterocycles. The molecule has 9 N–H and O–H groups in total. The molecule has 1 heterocycles. The standard InChI is InChI=1S/C13H21ClN4.H4N2.H2O/c14-12-3-1-4-13(11-12)18-9-7-17(8-10-18)6-2-5-16-15;1-2;/h1,3-4,11,16H,2,5-10,15H2;1-2H2;1H2. The van der Waals surface area contributed by atoms with Gasteiger partial charge in [-0.15, -0.1) is 0 Å². The van der Waals surface area contributed by atoms with Crippen LogP contribution >= 0.6 is 11.6 Å². The lowest BCUT2D eigenvalue weighted by Gasteiger charge is -2.36. The van der Waals surface area contributed by atoms with Crippen LogP contribution in [0.25, 0.3) is 0 Å². The number of hydrazine groups is 2. The Morgan fingerprint density at radius 2 is 1.81 bits per heavy atom. The maximum absolute atomic E-state index is 6.02. The summed E-state index contributed by atoms with van der Waals surface area (Å²) in [5.74, 6) is 13.3. The second-order valence-corrected chi connectivity index (χ2v) is 5.05. The summed E-state index contributed by atoms with van der Waals surface area (Å²) in [5, 5.41) is 0.809. The number of piperazine rings is 1. The summed E-state index contributed by atoms with van der Waals surface area (Å²) in [5.41, 5.74) is 3.92. The van der Waals surface area contributed by atoms with E-state index in [1.54, 1.807) is 0 Å². The normalized spacial score (nSPS) is 15.0. The molecule has 0 spiro atoms. The van der Waals surface area contributed by atoms with Crippen LogP contribution in [-0.4, -0.2) is 49.6 Å². The van der Waals surface area contributed by atoms with E-state index in [1.165, 1.54) is 5.69 Å². The first-order chi connectivity index (χ1) is 9.79. The van der Waals surface area contributed by atoms with E-state index < -0.39 is 0 Å². The van der Waals surface area contributed by atoms with Gasteiger partial charge in [0.25, 0.3) is 0 Å². The molecule has 0 amide bonds. The third-order valence-electron chi connectivity index (χ3n) is 3.34. The molecule has 0 aliphatic carbocycles. The maximum Gasteiger partial charge on any atom is 0.0426 e. The predicted molar refractivity (Wildman–Crippen MR) is 88.9 cm³/mol. The van der Waals surface area contributed by atoms with E-state index >= 15 is 0 Å². The molecule has 0 atom stereocenters. The van der Waals surface area contributed by atoms with Crippen LogP contribution in [0.4, 0.5) is 5.69 Å². The van der Waals surface area contributed by atoms with Crippen molar-refractivity contribution in [3.8, 4) is 0 Å². The van der Waals surface area contributed by atoms with Gasteiger partial charge in [0.1, 0.15) is 0 Å². The van der Waals surface area contributed by atoms with Gasteiger partial charge in [-0.25, -0.2) is 0 Å². The average molecular weight is 319 g/mol. The number of nitrogens with two attached hydrogens (primary N) is 3. The summed E-state index contributed by atoms with van der Waals surface area (Å²) >= 11 is 6.02. The van der Waals surface area contributed by atoms with Crippen molar-refractivity contribution in [2.75, 3.05) is 44.2 Å². The van der Waals surface area contributed by atoms with Crippen molar-refractivity contribution >= 4 is 17.3 Å². The zero-order chi connectivity index (χ0) is 14.8. The maximum atomic E-state index is 6.02. The van der Waals surface area contributed by atoms with E-state index in [0.717, 1.165) is 50.7 Å². The van der Waals surface area contributed by atoms with Gasteiger partial charge in [-0.3, -0.25) is 27.9 Å². The van der Waals surface area contributed by atoms with Crippen molar-refractivity contribution in [1.29, 1.82) is 0 Å². The minimum atomic E-state index is 0. The Labute approximate surface area is 131 Å². The first-order valence-electron chi connectivity index (χ1n) is 6.79. The average Bonchev–Trinajstić information content (AvgIpc) is 2.50. The van der Waals surface area contributed by atoms with Crippen molar-refractivity contribution in [3.63, 3.8) is 0 Å². The van der Waals surface area contributed by atoms with Gasteiger partial charge in [-0.2, -0.15) is 0 Å². The molecule has 1 fully saturated rings. The third-order valence-corrected chi connectivity index (χ3v) is 3.58. The topological polar surface area (TPSA) is 128 Å². The quantitative estimate of drug-likeness (QED) is 0.323. The molecule has 1 aromatic rings. The summed E-state index contributed by atoms with van der Waals surface area (Å²) in [6, 6.07) is 8.09. The fourth-order valence-corrected chi connectivity index (χ4v) is 2.49. The Bertz CT molecular complexity index is 373. The SMILES string of the molecule is NN.NNCCCN1CCN(c2cccc(Cl)c2)CC1.O. The number of benzene rings is 1. The Morgan fingerprint density at radius 3 is 2.38 bits per heavy atom. The number of hydrogen-bond donors (Lipinski definition) is 4. The lowest BCUT2D eigenvalue weighted by molar-refractivity contribution is 0.254. The molecule has 0 saturated carbocycles. The Kier molecular flexibility index (Phi) is 11.2.